The molecular formula is CdClCoK. The summed E-state index contributed by atoms with van der Waals surface area (Å²) in [4.78, 5) is 0. The van der Waals surface area contributed by atoms with Crippen molar-refractivity contribution < 1.29 is 108 Å². The second kappa shape index (κ2) is 16.2. The molecule has 0 saturated heterocycles. The van der Waals surface area contributed by atoms with Gasteiger partial charge in [-0.25, -0.2) is 0 Å². The minimum atomic E-state index is 0. The third-order valence-electron chi connectivity index (χ3n) is 0. The average molecular weight is 246 g/mol. The summed E-state index contributed by atoms with van der Waals surface area (Å²) in [6.45, 7) is 0. The summed E-state index contributed by atoms with van der Waals surface area (Å²) in [5.41, 5.74) is 0. The van der Waals surface area contributed by atoms with E-state index in [4.69, 9.17) is 0 Å². The van der Waals surface area contributed by atoms with Crippen molar-refractivity contribution >= 4 is 0 Å². The Labute approximate surface area is 105 Å². The van der Waals surface area contributed by atoms with Gasteiger partial charge in [0.15, 0.2) is 0 Å². The van der Waals surface area contributed by atoms with Gasteiger partial charge in [0.25, 0.3) is 0 Å². The molecule has 0 nitrogen and oxygen atoms in total. The maximum atomic E-state index is 0. The van der Waals surface area contributed by atoms with Crippen LogP contribution in [0, 0.1) is 0 Å². The largest absolute Gasteiger partial charge is 1.00 e. The molecule has 0 heterocycles. The minimum absolute atomic E-state index is 0. The second-order valence-corrected chi connectivity index (χ2v) is 0. The summed E-state index contributed by atoms with van der Waals surface area (Å²) >= 11 is 0. The Morgan fingerprint density at radius 1 is 1.00 bits per heavy atom. The third kappa shape index (κ3) is 9.02. The van der Waals surface area contributed by atoms with Crippen molar-refractivity contribution in [1.29, 1.82) is 0 Å². The maximum Gasteiger partial charge on any atom is 1.00 e. The van der Waals surface area contributed by atoms with Crippen LogP contribution < -0.4 is 63.8 Å². The van der Waals surface area contributed by atoms with Crippen LogP contribution in [-0.4, -0.2) is 0 Å². The molecule has 4 heteroatoms. The van der Waals surface area contributed by atoms with E-state index in [1.807, 2.05) is 0 Å². The van der Waals surface area contributed by atoms with Gasteiger partial charge in [0.1, 0.15) is 0 Å². The monoisotopic (exact) mass is 247 g/mol. The average Bonchev–Trinajstić information content (AvgIpc) is 0. The van der Waals surface area contributed by atoms with Crippen LogP contribution in [-0.2, 0) is 44.1 Å². The molecule has 0 aromatic heterocycles. The number of halogens is 1. The van der Waals surface area contributed by atoms with E-state index >= 15 is 0 Å². The van der Waals surface area contributed by atoms with Crippen molar-refractivity contribution in [3.63, 3.8) is 0 Å². The van der Waals surface area contributed by atoms with Crippen molar-refractivity contribution in [3.8, 4) is 0 Å². The first-order valence-corrected chi connectivity index (χ1v) is 0. The first-order valence-electron chi connectivity index (χ1n) is 0. The first kappa shape index (κ1) is 26.4. The Balaban J connectivity index is 0. The zero-order chi connectivity index (χ0) is 0. The SMILES string of the molecule is [Cd].[Cl-].[Co].[K+]. The van der Waals surface area contributed by atoms with Crippen molar-refractivity contribution in [3.05, 3.63) is 0 Å². The van der Waals surface area contributed by atoms with E-state index in [-0.39, 0.29) is 108 Å². The standard InChI is InChI=1S/Cd.ClH.Co.K/h;1H;;/q;;;+1/p-1. The molecule has 0 saturated carbocycles. The van der Waals surface area contributed by atoms with Gasteiger partial charge in [-0.05, 0) is 0 Å². The summed E-state index contributed by atoms with van der Waals surface area (Å²) in [7, 11) is 0. The quantitative estimate of drug-likeness (QED) is 0.373. The third-order valence-corrected chi connectivity index (χ3v) is 0. The van der Waals surface area contributed by atoms with Gasteiger partial charge < -0.3 is 12.4 Å². The van der Waals surface area contributed by atoms with E-state index in [1.54, 1.807) is 0 Å². The van der Waals surface area contributed by atoms with E-state index in [1.165, 1.54) is 0 Å². The predicted octanol–water partition coefficient (Wildman–Crippen LogP) is -6.00. The van der Waals surface area contributed by atoms with Crippen LogP contribution >= 0.6 is 0 Å². The molecule has 0 fully saturated rings. The van der Waals surface area contributed by atoms with E-state index in [0.717, 1.165) is 0 Å². The molecule has 0 unspecified atom stereocenters. The molecular weight excluding hydrogens is 246 g/mol. The molecule has 0 atom stereocenters. The summed E-state index contributed by atoms with van der Waals surface area (Å²) in [6, 6.07) is 0. The zero-order valence-electron chi connectivity index (χ0n) is 2.42. The Morgan fingerprint density at radius 3 is 1.00 bits per heavy atom. The van der Waals surface area contributed by atoms with Gasteiger partial charge in [-0.2, -0.15) is 0 Å². The van der Waals surface area contributed by atoms with Crippen molar-refractivity contribution in [2.45, 2.75) is 0 Å². The molecule has 0 aliphatic heterocycles. The maximum absolute atomic E-state index is 0. The van der Waals surface area contributed by atoms with Crippen LogP contribution in [0.4, 0.5) is 0 Å². The number of hydrogen-bond acceptors (Lipinski definition) is 0. The molecule has 0 bridgehead atoms. The molecule has 1 radical (unpaired) electrons. The molecule has 0 rings (SSSR count). The fraction of sp³-hybridized carbons (Fsp3) is 0. The number of hydrogen-bond donors (Lipinski definition) is 0. The van der Waals surface area contributed by atoms with Crippen LogP contribution in [0.25, 0.3) is 0 Å². The van der Waals surface area contributed by atoms with E-state index in [9.17, 15) is 0 Å². The zero-order valence-corrected chi connectivity index (χ0v) is 11.4. The van der Waals surface area contributed by atoms with Gasteiger partial charge in [-0.3, -0.25) is 0 Å². The smallest absolute Gasteiger partial charge is 1.00 e. The Bertz CT molecular complexity index is 8.00. The Kier molecular flexibility index (Phi) is 107. The molecule has 0 aromatic rings. The molecule has 0 N–H and O–H groups in total. The van der Waals surface area contributed by atoms with Crippen LogP contribution in [0.5, 0.6) is 0 Å². The summed E-state index contributed by atoms with van der Waals surface area (Å²) < 4.78 is 0. The van der Waals surface area contributed by atoms with Crippen LogP contribution in [0.15, 0.2) is 0 Å². The fourth-order valence-electron chi connectivity index (χ4n) is 0. The normalized spacial score (nSPS) is 0. The molecule has 0 aliphatic rings. The molecule has 19 valence electrons. The molecule has 0 amide bonds. The van der Waals surface area contributed by atoms with E-state index in [0.29, 0.717) is 0 Å². The molecule has 4 heavy (non-hydrogen) atoms. The predicted molar refractivity (Wildman–Crippen MR) is 0 cm³/mol. The van der Waals surface area contributed by atoms with Crippen LogP contribution in [0.3, 0.4) is 0 Å². The molecule has 0 aromatic carbocycles. The first-order chi connectivity index (χ1) is 0. The van der Waals surface area contributed by atoms with Gasteiger partial charge in [0.2, 0.25) is 0 Å². The Hall–Kier alpha value is 3.35. The molecule has 0 aliphatic carbocycles. The van der Waals surface area contributed by atoms with Crippen molar-refractivity contribution in [2.24, 2.45) is 0 Å². The van der Waals surface area contributed by atoms with Gasteiger partial charge in [0.05, 0.1) is 0 Å². The van der Waals surface area contributed by atoms with Crippen LogP contribution in [0.2, 0.25) is 0 Å². The summed E-state index contributed by atoms with van der Waals surface area (Å²) in [5, 5.41) is 0. The topological polar surface area (TPSA) is 0 Å². The minimum Gasteiger partial charge on any atom is -1.00 e. The van der Waals surface area contributed by atoms with Gasteiger partial charge in [-0.1, -0.05) is 0 Å². The van der Waals surface area contributed by atoms with Gasteiger partial charge >= 0.3 is 51.4 Å². The summed E-state index contributed by atoms with van der Waals surface area (Å²) in [5.74, 6) is 0. The van der Waals surface area contributed by atoms with Gasteiger partial charge in [0, 0.05) is 44.1 Å². The second-order valence-electron chi connectivity index (χ2n) is 0. The Morgan fingerprint density at radius 2 is 1.00 bits per heavy atom. The van der Waals surface area contributed by atoms with Crippen LogP contribution in [0.1, 0.15) is 0 Å². The van der Waals surface area contributed by atoms with Crippen molar-refractivity contribution in [2.75, 3.05) is 0 Å². The van der Waals surface area contributed by atoms with Gasteiger partial charge in [-0.15, -0.1) is 0 Å². The summed E-state index contributed by atoms with van der Waals surface area (Å²) in [6.07, 6.45) is 0. The van der Waals surface area contributed by atoms with Crippen molar-refractivity contribution in [1.82, 2.24) is 0 Å². The fourth-order valence-corrected chi connectivity index (χ4v) is 0. The molecule has 0 spiro atoms. The van der Waals surface area contributed by atoms with E-state index in [2.05, 4.69) is 0 Å². The van der Waals surface area contributed by atoms with E-state index < -0.39 is 0 Å². The number of rotatable bonds is 0.